The fourth-order valence-electron chi connectivity index (χ4n) is 1.50. The van der Waals surface area contributed by atoms with Crippen LogP contribution in [0.4, 0.5) is 0 Å². The van der Waals surface area contributed by atoms with Crippen LogP contribution in [0.25, 0.3) is 0 Å². The third-order valence-corrected chi connectivity index (χ3v) is 2.51. The van der Waals surface area contributed by atoms with Crippen molar-refractivity contribution in [3.05, 3.63) is 0 Å². The Hall–Kier alpha value is -0.370. The van der Waals surface area contributed by atoms with Gasteiger partial charge < -0.3 is 9.53 Å². The first-order valence-corrected chi connectivity index (χ1v) is 4.33. The fraction of sp³-hybridized carbons (Fsp3) is 0.889. The molecule has 0 heterocycles. The Bertz CT molecular complexity index is 119. The van der Waals surface area contributed by atoms with Crippen LogP contribution >= 0.6 is 0 Å². The molecular weight excluding hydrogens is 140 g/mol. The van der Waals surface area contributed by atoms with Crippen LogP contribution in [-0.2, 0) is 9.53 Å². The Morgan fingerprint density at radius 3 is 2.73 bits per heavy atom. The van der Waals surface area contributed by atoms with Crippen LogP contribution in [0.3, 0.4) is 0 Å². The number of aldehydes is 1. The summed E-state index contributed by atoms with van der Waals surface area (Å²) in [4.78, 5) is 10.2. The summed E-state index contributed by atoms with van der Waals surface area (Å²) in [7, 11) is 1.69. The number of hydrogen-bond donors (Lipinski definition) is 0. The van der Waals surface area contributed by atoms with Crippen molar-refractivity contribution in [2.45, 2.75) is 38.2 Å². The molecule has 11 heavy (non-hydrogen) atoms. The van der Waals surface area contributed by atoms with Gasteiger partial charge in [-0.25, -0.2) is 0 Å². The summed E-state index contributed by atoms with van der Waals surface area (Å²) < 4.78 is 5.17. The van der Waals surface area contributed by atoms with Crippen LogP contribution in [0, 0.1) is 5.92 Å². The average Bonchev–Trinajstić information content (AvgIpc) is 1.94. The van der Waals surface area contributed by atoms with E-state index < -0.39 is 0 Å². The third kappa shape index (κ3) is 2.62. The molecule has 0 N–H and O–H groups in total. The van der Waals surface area contributed by atoms with Crippen molar-refractivity contribution in [1.29, 1.82) is 0 Å². The van der Waals surface area contributed by atoms with Crippen molar-refractivity contribution < 1.29 is 9.53 Å². The van der Waals surface area contributed by atoms with Crippen molar-refractivity contribution >= 4 is 6.29 Å². The minimum atomic E-state index is 0.179. The Labute approximate surface area is 67.9 Å². The maximum atomic E-state index is 10.2. The van der Waals surface area contributed by atoms with E-state index in [1.807, 2.05) is 0 Å². The van der Waals surface area contributed by atoms with Crippen molar-refractivity contribution in [2.24, 2.45) is 5.92 Å². The number of ether oxygens (including phenoxy) is 1. The van der Waals surface area contributed by atoms with Gasteiger partial charge in [0.05, 0.1) is 6.10 Å². The van der Waals surface area contributed by atoms with Crippen LogP contribution in [0.5, 0.6) is 0 Å². The molecule has 0 spiro atoms. The predicted molar refractivity (Wildman–Crippen MR) is 43.4 cm³/mol. The van der Waals surface area contributed by atoms with E-state index in [1.54, 1.807) is 7.11 Å². The highest BCUT2D eigenvalue weighted by atomic mass is 16.5. The average molecular weight is 156 g/mol. The van der Waals surface area contributed by atoms with Gasteiger partial charge >= 0.3 is 0 Å². The van der Waals surface area contributed by atoms with Gasteiger partial charge in [0.25, 0.3) is 0 Å². The highest BCUT2D eigenvalue weighted by molar-refractivity contribution is 5.50. The van der Waals surface area contributed by atoms with Gasteiger partial charge in [0.15, 0.2) is 0 Å². The number of carbonyl (C=O) groups is 1. The second-order valence-corrected chi connectivity index (χ2v) is 3.29. The lowest BCUT2D eigenvalue weighted by Gasteiger charge is -2.28. The molecule has 0 aliphatic heterocycles. The molecule has 1 fully saturated rings. The first-order valence-electron chi connectivity index (χ1n) is 4.33. The predicted octanol–water partition coefficient (Wildman–Crippen LogP) is 1.78. The monoisotopic (exact) mass is 156 g/mol. The standard InChI is InChI=1S/C9H16O2/c1-11-9(5-6-10)7-8-3-2-4-8/h6,8-9H,2-5,7H2,1H3. The normalized spacial score (nSPS) is 20.8. The van der Waals surface area contributed by atoms with Gasteiger partial charge in [-0.2, -0.15) is 0 Å². The summed E-state index contributed by atoms with van der Waals surface area (Å²) in [6.45, 7) is 0. The summed E-state index contributed by atoms with van der Waals surface area (Å²) in [5.74, 6) is 0.833. The zero-order valence-electron chi connectivity index (χ0n) is 7.08. The number of methoxy groups -OCH3 is 1. The molecule has 1 rings (SSSR count). The lowest BCUT2D eigenvalue weighted by atomic mass is 9.81. The zero-order valence-corrected chi connectivity index (χ0v) is 7.08. The van der Waals surface area contributed by atoms with Gasteiger partial charge in [0.2, 0.25) is 0 Å². The summed E-state index contributed by atoms with van der Waals surface area (Å²) >= 11 is 0. The van der Waals surface area contributed by atoms with Gasteiger partial charge in [-0.1, -0.05) is 19.3 Å². The van der Waals surface area contributed by atoms with Gasteiger partial charge in [-0.05, 0) is 12.3 Å². The minimum Gasteiger partial charge on any atom is -0.381 e. The topological polar surface area (TPSA) is 26.3 Å². The quantitative estimate of drug-likeness (QED) is 0.567. The second-order valence-electron chi connectivity index (χ2n) is 3.29. The molecule has 0 bridgehead atoms. The molecule has 0 aromatic rings. The lowest BCUT2D eigenvalue weighted by molar-refractivity contribution is -0.110. The molecule has 0 aromatic heterocycles. The summed E-state index contributed by atoms with van der Waals surface area (Å²) in [6, 6.07) is 0. The maximum Gasteiger partial charge on any atom is 0.122 e. The van der Waals surface area contributed by atoms with Gasteiger partial charge in [-0.15, -0.1) is 0 Å². The van der Waals surface area contributed by atoms with Gasteiger partial charge in [-0.3, -0.25) is 0 Å². The Kier molecular flexibility index (Phi) is 3.57. The van der Waals surface area contributed by atoms with Crippen molar-refractivity contribution in [1.82, 2.24) is 0 Å². The number of hydrogen-bond acceptors (Lipinski definition) is 2. The molecular formula is C9H16O2. The van der Waals surface area contributed by atoms with E-state index in [0.29, 0.717) is 6.42 Å². The lowest BCUT2D eigenvalue weighted by Crippen LogP contribution is -2.21. The molecule has 0 amide bonds. The molecule has 0 radical (unpaired) electrons. The summed E-state index contributed by atoms with van der Waals surface area (Å²) in [5.41, 5.74) is 0. The van der Waals surface area contributed by atoms with E-state index in [2.05, 4.69) is 0 Å². The van der Waals surface area contributed by atoms with E-state index in [0.717, 1.165) is 18.6 Å². The molecule has 2 heteroatoms. The fourth-order valence-corrected chi connectivity index (χ4v) is 1.50. The van der Waals surface area contributed by atoms with Crippen LogP contribution in [-0.4, -0.2) is 19.5 Å². The molecule has 0 saturated heterocycles. The molecule has 1 aliphatic carbocycles. The van der Waals surface area contributed by atoms with Crippen molar-refractivity contribution in [3.8, 4) is 0 Å². The van der Waals surface area contributed by atoms with Crippen LogP contribution in [0.1, 0.15) is 32.1 Å². The van der Waals surface area contributed by atoms with E-state index in [-0.39, 0.29) is 6.10 Å². The molecule has 0 aromatic carbocycles. The summed E-state index contributed by atoms with van der Waals surface area (Å²) in [6.07, 6.45) is 6.80. The van der Waals surface area contributed by atoms with Crippen LogP contribution in [0.15, 0.2) is 0 Å². The van der Waals surface area contributed by atoms with Crippen LogP contribution in [0.2, 0.25) is 0 Å². The number of carbonyl (C=O) groups excluding carboxylic acids is 1. The van der Waals surface area contributed by atoms with Crippen molar-refractivity contribution in [3.63, 3.8) is 0 Å². The maximum absolute atomic E-state index is 10.2. The van der Waals surface area contributed by atoms with E-state index in [9.17, 15) is 4.79 Å². The Morgan fingerprint density at radius 2 is 2.36 bits per heavy atom. The third-order valence-electron chi connectivity index (χ3n) is 2.51. The highest BCUT2D eigenvalue weighted by Crippen LogP contribution is 2.31. The molecule has 64 valence electrons. The second kappa shape index (κ2) is 4.50. The SMILES string of the molecule is COC(CC=O)CC1CCC1. The first-order chi connectivity index (χ1) is 5.36. The molecule has 1 atom stereocenters. The first kappa shape index (κ1) is 8.72. The summed E-state index contributed by atoms with van der Waals surface area (Å²) in [5, 5.41) is 0. The minimum absolute atomic E-state index is 0.179. The molecule has 1 unspecified atom stereocenters. The molecule has 2 nitrogen and oxygen atoms in total. The van der Waals surface area contributed by atoms with Crippen molar-refractivity contribution in [2.75, 3.05) is 7.11 Å². The Balaban J connectivity index is 2.13. The van der Waals surface area contributed by atoms with E-state index >= 15 is 0 Å². The Morgan fingerprint density at radius 1 is 1.64 bits per heavy atom. The zero-order chi connectivity index (χ0) is 8.10. The van der Waals surface area contributed by atoms with Gasteiger partial charge in [0, 0.05) is 13.5 Å². The highest BCUT2D eigenvalue weighted by Gasteiger charge is 2.21. The molecule has 1 aliphatic rings. The van der Waals surface area contributed by atoms with Crippen LogP contribution < -0.4 is 0 Å². The van der Waals surface area contributed by atoms with E-state index in [1.165, 1.54) is 19.3 Å². The smallest absolute Gasteiger partial charge is 0.122 e. The number of rotatable bonds is 5. The largest absolute Gasteiger partial charge is 0.381 e. The molecule has 1 saturated carbocycles. The van der Waals surface area contributed by atoms with E-state index in [4.69, 9.17) is 4.74 Å². The van der Waals surface area contributed by atoms with Gasteiger partial charge in [0.1, 0.15) is 6.29 Å².